The van der Waals surface area contributed by atoms with Crippen molar-refractivity contribution in [1.82, 2.24) is 4.31 Å². The maximum absolute atomic E-state index is 12.1. The normalized spacial score (nSPS) is 14.5. The van der Waals surface area contributed by atoms with E-state index in [-0.39, 0.29) is 6.04 Å². The van der Waals surface area contributed by atoms with Crippen molar-refractivity contribution in [1.29, 1.82) is 0 Å². The summed E-state index contributed by atoms with van der Waals surface area (Å²) in [7, 11) is -1.87. The highest BCUT2D eigenvalue weighted by molar-refractivity contribution is 9.10. The van der Waals surface area contributed by atoms with E-state index in [0.29, 0.717) is 15.2 Å². The summed E-state index contributed by atoms with van der Waals surface area (Å²) >= 11 is 4.41. The fraction of sp³-hybridized carbons (Fsp3) is 0.500. The Balaban J connectivity index is 3.09. The Hall–Kier alpha value is 0.0500. The number of hydrogen-bond donors (Lipinski definition) is 1. The Bertz CT molecular complexity index is 430. The van der Waals surface area contributed by atoms with Gasteiger partial charge >= 0.3 is 0 Å². The lowest BCUT2D eigenvalue weighted by atomic mass is 10.4. The van der Waals surface area contributed by atoms with Gasteiger partial charge in [-0.25, -0.2) is 8.42 Å². The van der Waals surface area contributed by atoms with Crippen LogP contribution in [0.5, 0.6) is 0 Å². The number of halogens is 1. The van der Waals surface area contributed by atoms with Crippen LogP contribution in [-0.4, -0.2) is 32.4 Å². The topological polar surface area (TPSA) is 63.4 Å². The fourth-order valence-corrected chi connectivity index (χ4v) is 4.83. The number of hydrogen-bond acceptors (Lipinski definition) is 4. The summed E-state index contributed by atoms with van der Waals surface area (Å²) in [6, 6.07) is 1.52. The number of rotatable bonds is 4. The number of nitrogens with zero attached hydrogens (tertiary/aromatic N) is 1. The molecule has 1 rings (SSSR count). The molecule has 1 heterocycles. The molecule has 15 heavy (non-hydrogen) atoms. The highest BCUT2D eigenvalue weighted by Crippen LogP contribution is 2.30. The smallest absolute Gasteiger partial charge is 0.253 e. The molecule has 2 N–H and O–H groups in total. The minimum Gasteiger partial charge on any atom is -0.329 e. The van der Waals surface area contributed by atoms with Gasteiger partial charge in [0, 0.05) is 24.1 Å². The second-order valence-electron chi connectivity index (χ2n) is 3.16. The molecule has 0 saturated carbocycles. The summed E-state index contributed by atoms with van der Waals surface area (Å²) in [5.74, 6) is 0. The van der Waals surface area contributed by atoms with Crippen LogP contribution in [0.1, 0.15) is 6.92 Å². The van der Waals surface area contributed by atoms with E-state index in [1.54, 1.807) is 25.4 Å². The molecule has 1 atom stereocenters. The van der Waals surface area contributed by atoms with E-state index in [0.717, 1.165) is 0 Å². The van der Waals surface area contributed by atoms with Gasteiger partial charge in [-0.15, -0.1) is 11.3 Å². The molecule has 4 nitrogen and oxygen atoms in total. The number of sulfonamides is 1. The molecule has 1 aromatic heterocycles. The summed E-state index contributed by atoms with van der Waals surface area (Å²) < 4.78 is 26.4. The van der Waals surface area contributed by atoms with Crippen molar-refractivity contribution >= 4 is 37.3 Å². The van der Waals surface area contributed by atoms with Crippen molar-refractivity contribution in [3.63, 3.8) is 0 Å². The third-order valence-electron chi connectivity index (χ3n) is 2.16. The van der Waals surface area contributed by atoms with E-state index in [4.69, 9.17) is 5.73 Å². The standard InChI is InChI=1S/C8H13BrN2O2S2/c1-6(5-10)11(2)15(12,13)8-7(9)3-4-14-8/h3-4,6H,5,10H2,1-2H3. The minimum absolute atomic E-state index is 0.205. The largest absolute Gasteiger partial charge is 0.329 e. The summed E-state index contributed by atoms with van der Waals surface area (Å²) in [6.45, 7) is 2.08. The average Bonchev–Trinajstić information content (AvgIpc) is 2.62. The van der Waals surface area contributed by atoms with Gasteiger partial charge in [0.25, 0.3) is 10.0 Å². The van der Waals surface area contributed by atoms with Gasteiger partial charge in [0.15, 0.2) is 0 Å². The molecule has 0 aromatic carbocycles. The van der Waals surface area contributed by atoms with Gasteiger partial charge in [-0.05, 0) is 34.3 Å². The van der Waals surface area contributed by atoms with Crippen molar-refractivity contribution in [3.05, 3.63) is 15.9 Å². The van der Waals surface area contributed by atoms with Crippen LogP contribution in [0.3, 0.4) is 0 Å². The molecular weight excluding hydrogens is 300 g/mol. The zero-order valence-electron chi connectivity index (χ0n) is 8.47. The van der Waals surface area contributed by atoms with Crippen LogP contribution in [0, 0.1) is 0 Å². The molecule has 0 bridgehead atoms. The van der Waals surface area contributed by atoms with E-state index in [1.807, 2.05) is 0 Å². The lowest BCUT2D eigenvalue weighted by molar-refractivity contribution is 0.395. The van der Waals surface area contributed by atoms with E-state index >= 15 is 0 Å². The number of thiophene rings is 1. The molecule has 0 aliphatic rings. The molecule has 0 amide bonds. The van der Waals surface area contributed by atoms with Gasteiger partial charge in [0.05, 0.1) is 0 Å². The Kier molecular flexibility index (Phi) is 4.30. The van der Waals surface area contributed by atoms with Crippen LogP contribution >= 0.6 is 27.3 Å². The minimum atomic E-state index is -3.41. The molecule has 0 fully saturated rings. The molecular formula is C8H13BrN2O2S2. The molecule has 1 unspecified atom stereocenters. The lowest BCUT2D eigenvalue weighted by Crippen LogP contribution is -2.39. The van der Waals surface area contributed by atoms with Gasteiger partial charge in [-0.1, -0.05) is 0 Å². The van der Waals surface area contributed by atoms with Gasteiger partial charge < -0.3 is 5.73 Å². The predicted octanol–water partition coefficient (Wildman–Crippen LogP) is 1.48. The maximum atomic E-state index is 12.1. The Morgan fingerprint density at radius 3 is 2.67 bits per heavy atom. The third kappa shape index (κ3) is 2.59. The van der Waals surface area contributed by atoms with Crippen LogP contribution in [-0.2, 0) is 10.0 Å². The van der Waals surface area contributed by atoms with Gasteiger partial charge in [0.2, 0.25) is 0 Å². The second-order valence-corrected chi connectivity index (χ2v) is 7.13. The molecule has 0 aliphatic heterocycles. The van der Waals surface area contributed by atoms with E-state index in [2.05, 4.69) is 15.9 Å². The Morgan fingerprint density at radius 1 is 1.67 bits per heavy atom. The number of likely N-dealkylation sites (N-methyl/N-ethyl adjacent to an activating group) is 1. The first-order valence-electron chi connectivity index (χ1n) is 4.32. The van der Waals surface area contributed by atoms with E-state index in [1.165, 1.54) is 15.6 Å². The third-order valence-corrected chi connectivity index (χ3v) is 6.78. The monoisotopic (exact) mass is 312 g/mol. The van der Waals surface area contributed by atoms with Crippen molar-refractivity contribution in [2.24, 2.45) is 5.73 Å². The molecule has 0 aliphatic carbocycles. The van der Waals surface area contributed by atoms with Crippen LogP contribution < -0.4 is 5.73 Å². The van der Waals surface area contributed by atoms with Gasteiger partial charge in [-0.2, -0.15) is 4.31 Å². The predicted molar refractivity (Wildman–Crippen MR) is 65.5 cm³/mol. The molecule has 0 saturated heterocycles. The maximum Gasteiger partial charge on any atom is 0.253 e. The van der Waals surface area contributed by atoms with Crippen molar-refractivity contribution in [2.45, 2.75) is 17.2 Å². The summed E-state index contributed by atoms with van der Waals surface area (Å²) in [6.07, 6.45) is 0. The highest BCUT2D eigenvalue weighted by atomic mass is 79.9. The van der Waals surface area contributed by atoms with Crippen LogP contribution in [0.25, 0.3) is 0 Å². The molecule has 7 heteroatoms. The first-order valence-corrected chi connectivity index (χ1v) is 7.43. The zero-order chi connectivity index (χ0) is 11.6. The highest BCUT2D eigenvalue weighted by Gasteiger charge is 2.27. The van der Waals surface area contributed by atoms with E-state index < -0.39 is 10.0 Å². The first kappa shape index (κ1) is 13.1. The van der Waals surface area contributed by atoms with Gasteiger partial charge in [-0.3, -0.25) is 0 Å². The molecule has 86 valence electrons. The summed E-state index contributed by atoms with van der Waals surface area (Å²) in [4.78, 5) is 0. The van der Waals surface area contributed by atoms with Crippen molar-refractivity contribution < 1.29 is 8.42 Å². The second kappa shape index (κ2) is 4.92. The van der Waals surface area contributed by atoms with Gasteiger partial charge in [0.1, 0.15) is 4.21 Å². The summed E-state index contributed by atoms with van der Waals surface area (Å²) in [5.41, 5.74) is 5.45. The molecule has 0 radical (unpaired) electrons. The Labute approximate surface area is 102 Å². The van der Waals surface area contributed by atoms with E-state index in [9.17, 15) is 8.42 Å². The lowest BCUT2D eigenvalue weighted by Gasteiger charge is -2.22. The summed E-state index contributed by atoms with van der Waals surface area (Å²) in [5, 5.41) is 1.73. The quantitative estimate of drug-likeness (QED) is 0.916. The average molecular weight is 313 g/mol. The zero-order valence-corrected chi connectivity index (χ0v) is 11.7. The van der Waals surface area contributed by atoms with Crippen LogP contribution in [0.15, 0.2) is 20.1 Å². The SMILES string of the molecule is CC(CN)N(C)S(=O)(=O)c1sccc1Br. The molecule has 1 aromatic rings. The van der Waals surface area contributed by atoms with Crippen LogP contribution in [0.4, 0.5) is 0 Å². The molecule has 0 spiro atoms. The van der Waals surface area contributed by atoms with Crippen LogP contribution in [0.2, 0.25) is 0 Å². The first-order chi connectivity index (χ1) is 6.91. The van der Waals surface area contributed by atoms with Crippen molar-refractivity contribution in [2.75, 3.05) is 13.6 Å². The fourth-order valence-electron chi connectivity index (χ4n) is 0.980. The number of nitrogens with two attached hydrogens (primary N) is 1. The van der Waals surface area contributed by atoms with Crippen molar-refractivity contribution in [3.8, 4) is 0 Å². The Morgan fingerprint density at radius 2 is 2.27 bits per heavy atom.